The summed E-state index contributed by atoms with van der Waals surface area (Å²) in [6.45, 7) is 0. The van der Waals surface area contributed by atoms with Gasteiger partial charge in [0.15, 0.2) is 0 Å². The van der Waals surface area contributed by atoms with Crippen LogP contribution in [0.5, 0.6) is 0 Å². The number of para-hydroxylation sites is 1. The lowest BCUT2D eigenvalue weighted by Gasteiger charge is -2.13. The van der Waals surface area contributed by atoms with Crippen molar-refractivity contribution < 1.29 is 9.90 Å². The van der Waals surface area contributed by atoms with Crippen molar-refractivity contribution in [3.8, 4) is 0 Å². The Morgan fingerprint density at radius 3 is 2.37 bits per heavy atom. The fourth-order valence-corrected chi connectivity index (χ4v) is 2.10. The first-order valence-electron chi connectivity index (χ1n) is 5.33. The fraction of sp³-hybridized carbons (Fsp3) is 0. The SMILES string of the molecule is Nc1ccc(C(=O)O)c(Nc2c(Cl)cccc2Cl)c1. The molecule has 0 aliphatic heterocycles. The van der Waals surface area contributed by atoms with E-state index in [4.69, 9.17) is 34.0 Å². The summed E-state index contributed by atoms with van der Waals surface area (Å²) >= 11 is 12.1. The van der Waals surface area contributed by atoms with E-state index >= 15 is 0 Å². The van der Waals surface area contributed by atoms with E-state index in [0.717, 1.165) is 0 Å². The maximum atomic E-state index is 11.1. The van der Waals surface area contributed by atoms with Crippen molar-refractivity contribution in [2.75, 3.05) is 11.1 Å². The third-order valence-electron chi connectivity index (χ3n) is 2.50. The number of aromatic carboxylic acids is 1. The Hall–Kier alpha value is -1.91. The van der Waals surface area contributed by atoms with Crippen LogP contribution >= 0.6 is 23.2 Å². The van der Waals surface area contributed by atoms with Crippen LogP contribution in [0, 0.1) is 0 Å². The third-order valence-corrected chi connectivity index (χ3v) is 3.13. The predicted molar refractivity (Wildman–Crippen MR) is 77.6 cm³/mol. The van der Waals surface area contributed by atoms with Gasteiger partial charge in [-0.2, -0.15) is 0 Å². The summed E-state index contributed by atoms with van der Waals surface area (Å²) in [7, 11) is 0. The molecule has 0 aromatic heterocycles. The molecule has 0 unspecified atom stereocenters. The predicted octanol–water partition coefficient (Wildman–Crippen LogP) is 4.02. The molecule has 4 nitrogen and oxygen atoms in total. The molecule has 0 aliphatic rings. The Balaban J connectivity index is 2.49. The zero-order chi connectivity index (χ0) is 14.0. The molecular formula is C13H10Cl2N2O2. The van der Waals surface area contributed by atoms with Crippen LogP contribution in [0.4, 0.5) is 17.1 Å². The summed E-state index contributed by atoms with van der Waals surface area (Å²) in [6, 6.07) is 9.47. The van der Waals surface area contributed by atoms with Crippen molar-refractivity contribution in [1.82, 2.24) is 0 Å². The Labute approximate surface area is 119 Å². The molecule has 98 valence electrons. The molecule has 2 rings (SSSR count). The molecule has 0 radical (unpaired) electrons. The number of nitrogens with two attached hydrogens (primary N) is 1. The first-order chi connectivity index (χ1) is 8.99. The Morgan fingerprint density at radius 1 is 1.16 bits per heavy atom. The second-order valence-electron chi connectivity index (χ2n) is 3.83. The van der Waals surface area contributed by atoms with Crippen LogP contribution in [-0.2, 0) is 0 Å². The quantitative estimate of drug-likeness (QED) is 0.748. The fourth-order valence-electron chi connectivity index (χ4n) is 1.60. The molecule has 2 aromatic rings. The number of hydrogen-bond acceptors (Lipinski definition) is 3. The molecule has 6 heteroatoms. The monoisotopic (exact) mass is 296 g/mol. The molecule has 0 heterocycles. The number of anilines is 3. The number of carbonyl (C=O) groups is 1. The minimum atomic E-state index is -1.06. The van der Waals surface area contributed by atoms with Crippen molar-refractivity contribution >= 4 is 46.2 Å². The molecular weight excluding hydrogens is 287 g/mol. The number of nitrogens with one attached hydrogen (secondary N) is 1. The topological polar surface area (TPSA) is 75.4 Å². The maximum absolute atomic E-state index is 11.1. The van der Waals surface area contributed by atoms with Crippen molar-refractivity contribution in [3.05, 3.63) is 52.0 Å². The minimum absolute atomic E-state index is 0.0881. The first-order valence-corrected chi connectivity index (χ1v) is 6.08. The zero-order valence-electron chi connectivity index (χ0n) is 9.65. The van der Waals surface area contributed by atoms with Gasteiger partial charge in [-0.25, -0.2) is 4.79 Å². The highest BCUT2D eigenvalue weighted by molar-refractivity contribution is 6.39. The smallest absolute Gasteiger partial charge is 0.337 e. The van der Waals surface area contributed by atoms with Crippen LogP contribution in [0.25, 0.3) is 0 Å². The lowest BCUT2D eigenvalue weighted by Crippen LogP contribution is -2.04. The van der Waals surface area contributed by atoms with Gasteiger partial charge in [-0.3, -0.25) is 0 Å². The molecule has 0 saturated heterocycles. The highest BCUT2D eigenvalue weighted by Gasteiger charge is 2.13. The van der Waals surface area contributed by atoms with Crippen LogP contribution < -0.4 is 11.1 Å². The van der Waals surface area contributed by atoms with E-state index in [-0.39, 0.29) is 5.56 Å². The second-order valence-corrected chi connectivity index (χ2v) is 4.65. The van der Waals surface area contributed by atoms with E-state index < -0.39 is 5.97 Å². The number of hydrogen-bond donors (Lipinski definition) is 3. The normalized spacial score (nSPS) is 10.2. The van der Waals surface area contributed by atoms with Gasteiger partial charge in [-0.15, -0.1) is 0 Å². The third kappa shape index (κ3) is 2.92. The van der Waals surface area contributed by atoms with Gasteiger partial charge in [-0.05, 0) is 30.3 Å². The Kier molecular flexibility index (Phi) is 3.83. The van der Waals surface area contributed by atoms with Crippen LogP contribution in [0.2, 0.25) is 10.0 Å². The van der Waals surface area contributed by atoms with Gasteiger partial charge >= 0.3 is 5.97 Å². The van der Waals surface area contributed by atoms with Crippen LogP contribution in [0.15, 0.2) is 36.4 Å². The van der Waals surface area contributed by atoms with Crippen molar-refractivity contribution in [2.45, 2.75) is 0 Å². The molecule has 0 atom stereocenters. The average molecular weight is 297 g/mol. The summed E-state index contributed by atoms with van der Waals surface area (Å²) in [5.41, 5.74) is 6.97. The summed E-state index contributed by atoms with van der Waals surface area (Å²) < 4.78 is 0. The number of rotatable bonds is 3. The summed E-state index contributed by atoms with van der Waals surface area (Å²) in [5, 5.41) is 12.8. The summed E-state index contributed by atoms with van der Waals surface area (Å²) in [4.78, 5) is 11.1. The molecule has 0 fully saturated rings. The van der Waals surface area contributed by atoms with Crippen LogP contribution in [-0.4, -0.2) is 11.1 Å². The lowest BCUT2D eigenvalue weighted by molar-refractivity contribution is 0.0698. The molecule has 0 saturated carbocycles. The van der Waals surface area contributed by atoms with E-state index in [9.17, 15) is 4.79 Å². The Bertz CT molecular complexity index is 624. The summed E-state index contributed by atoms with van der Waals surface area (Å²) in [6.07, 6.45) is 0. The van der Waals surface area contributed by atoms with Gasteiger partial charge < -0.3 is 16.2 Å². The van der Waals surface area contributed by atoms with Crippen LogP contribution in [0.1, 0.15) is 10.4 Å². The number of nitrogen functional groups attached to an aromatic ring is 1. The molecule has 4 N–H and O–H groups in total. The molecule has 0 spiro atoms. The van der Waals surface area contributed by atoms with Crippen LogP contribution in [0.3, 0.4) is 0 Å². The van der Waals surface area contributed by atoms with E-state index in [1.165, 1.54) is 18.2 Å². The molecule has 0 bridgehead atoms. The average Bonchev–Trinajstić information content (AvgIpc) is 2.33. The standard InChI is InChI=1S/C13H10Cl2N2O2/c14-9-2-1-3-10(15)12(9)17-11-6-7(16)4-5-8(11)13(18)19/h1-6,17H,16H2,(H,18,19). The van der Waals surface area contributed by atoms with Gasteiger partial charge in [0, 0.05) is 5.69 Å². The lowest BCUT2D eigenvalue weighted by atomic mass is 10.1. The zero-order valence-corrected chi connectivity index (χ0v) is 11.2. The van der Waals surface area contributed by atoms with Gasteiger partial charge in [0.2, 0.25) is 0 Å². The highest BCUT2D eigenvalue weighted by Crippen LogP contribution is 2.34. The minimum Gasteiger partial charge on any atom is -0.478 e. The number of carboxylic acid groups (broad SMARTS) is 1. The van der Waals surface area contributed by atoms with Gasteiger partial charge in [-0.1, -0.05) is 29.3 Å². The first kappa shape index (κ1) is 13.5. The number of benzene rings is 2. The van der Waals surface area contributed by atoms with Crippen molar-refractivity contribution in [2.24, 2.45) is 0 Å². The maximum Gasteiger partial charge on any atom is 0.337 e. The molecule has 0 aliphatic carbocycles. The van der Waals surface area contributed by atoms with Gasteiger partial charge in [0.1, 0.15) is 0 Å². The second kappa shape index (κ2) is 5.38. The van der Waals surface area contributed by atoms with E-state index in [1.807, 2.05) is 0 Å². The van der Waals surface area contributed by atoms with E-state index in [0.29, 0.717) is 27.1 Å². The highest BCUT2D eigenvalue weighted by atomic mass is 35.5. The van der Waals surface area contributed by atoms with Crippen molar-refractivity contribution in [1.29, 1.82) is 0 Å². The van der Waals surface area contributed by atoms with Crippen molar-refractivity contribution in [3.63, 3.8) is 0 Å². The molecule has 19 heavy (non-hydrogen) atoms. The molecule has 2 aromatic carbocycles. The number of carboxylic acids is 1. The van der Waals surface area contributed by atoms with Gasteiger partial charge in [0.05, 0.1) is 27.0 Å². The van der Waals surface area contributed by atoms with E-state index in [1.54, 1.807) is 18.2 Å². The largest absolute Gasteiger partial charge is 0.478 e. The van der Waals surface area contributed by atoms with E-state index in [2.05, 4.69) is 5.32 Å². The Morgan fingerprint density at radius 2 is 1.79 bits per heavy atom. The summed E-state index contributed by atoms with van der Waals surface area (Å²) in [5.74, 6) is -1.06. The molecule has 0 amide bonds. The van der Waals surface area contributed by atoms with Gasteiger partial charge in [0.25, 0.3) is 0 Å². The number of halogens is 2.